The molecule has 0 radical (unpaired) electrons. The lowest BCUT2D eigenvalue weighted by Gasteiger charge is -2.36. The van der Waals surface area contributed by atoms with Crippen LogP contribution in [0.4, 0.5) is 0 Å². The Morgan fingerprint density at radius 3 is 2.06 bits per heavy atom. The molecule has 0 aromatic rings. The lowest BCUT2D eigenvalue weighted by Crippen LogP contribution is -2.41. The smallest absolute Gasteiger partial charge is 0.264 e. The van der Waals surface area contributed by atoms with E-state index in [1.54, 1.807) is 6.92 Å². The minimum atomic E-state index is -3.36. The molecular weight excluding hydrogens is 256 g/mol. The summed E-state index contributed by atoms with van der Waals surface area (Å²) in [6.45, 7) is 13.2. The highest BCUT2D eigenvalue weighted by Gasteiger charge is 2.36. The van der Waals surface area contributed by atoms with Crippen molar-refractivity contribution >= 4 is 18.4 Å². The normalized spacial score (nSPS) is 15.9. The van der Waals surface area contributed by atoms with Crippen molar-refractivity contribution in [3.8, 4) is 0 Å². The molecule has 0 spiro atoms. The molecule has 17 heavy (non-hydrogen) atoms. The van der Waals surface area contributed by atoms with Gasteiger partial charge in [-0.3, -0.25) is 4.18 Å². The van der Waals surface area contributed by atoms with Crippen LogP contribution < -0.4 is 0 Å². The molecule has 0 heterocycles. The van der Waals surface area contributed by atoms with Gasteiger partial charge in [-0.15, -0.1) is 0 Å². The average molecular weight is 282 g/mol. The van der Waals surface area contributed by atoms with Gasteiger partial charge in [0.05, 0.1) is 12.4 Å². The topological polar surface area (TPSA) is 52.6 Å². The summed E-state index contributed by atoms with van der Waals surface area (Å²) in [6.07, 6.45) is 1.34. The molecule has 0 aromatic heterocycles. The van der Waals surface area contributed by atoms with Gasteiger partial charge in [-0.05, 0) is 31.5 Å². The summed E-state index contributed by atoms with van der Waals surface area (Å²) >= 11 is 0. The lowest BCUT2D eigenvalue weighted by molar-refractivity contribution is 0.178. The number of hydrogen-bond acceptors (Lipinski definition) is 4. The van der Waals surface area contributed by atoms with Gasteiger partial charge in [0, 0.05) is 6.61 Å². The van der Waals surface area contributed by atoms with Crippen molar-refractivity contribution in [3.63, 3.8) is 0 Å². The van der Waals surface area contributed by atoms with Gasteiger partial charge in [0.15, 0.2) is 8.32 Å². The summed E-state index contributed by atoms with van der Waals surface area (Å²) < 4.78 is 32.6. The van der Waals surface area contributed by atoms with Crippen molar-refractivity contribution < 1.29 is 17.0 Å². The molecule has 0 aliphatic carbocycles. The zero-order valence-electron chi connectivity index (χ0n) is 12.0. The van der Waals surface area contributed by atoms with Crippen LogP contribution >= 0.6 is 0 Å². The first-order valence-corrected chi connectivity index (χ1v) is 10.6. The van der Waals surface area contributed by atoms with Gasteiger partial charge in [0.2, 0.25) is 0 Å². The van der Waals surface area contributed by atoms with Gasteiger partial charge >= 0.3 is 0 Å². The quantitative estimate of drug-likeness (QED) is 0.555. The summed E-state index contributed by atoms with van der Waals surface area (Å²) in [6, 6.07) is 0. The first kappa shape index (κ1) is 17.1. The molecule has 0 N–H and O–H groups in total. The molecule has 6 heteroatoms. The predicted molar refractivity (Wildman–Crippen MR) is 73.2 cm³/mol. The highest BCUT2D eigenvalue weighted by molar-refractivity contribution is 7.86. The van der Waals surface area contributed by atoms with Crippen LogP contribution in [-0.2, 0) is 18.7 Å². The third kappa shape index (κ3) is 7.18. The van der Waals surface area contributed by atoms with Crippen LogP contribution in [0.2, 0.25) is 18.1 Å². The standard InChI is InChI=1S/C11H26O4SSi/c1-10(15-16(5,12)13)8-9-14-17(6,7)11(2,3)4/h10H,8-9H2,1-7H3. The molecule has 1 unspecified atom stereocenters. The monoisotopic (exact) mass is 282 g/mol. The van der Waals surface area contributed by atoms with Crippen LogP contribution in [-0.4, -0.2) is 35.7 Å². The molecule has 0 saturated heterocycles. The number of rotatable bonds is 6. The molecule has 4 nitrogen and oxygen atoms in total. The molecule has 0 rings (SSSR count). The molecule has 0 fully saturated rings. The first-order valence-electron chi connectivity index (χ1n) is 5.87. The Morgan fingerprint density at radius 1 is 1.24 bits per heavy atom. The molecular formula is C11H26O4SSi. The van der Waals surface area contributed by atoms with Gasteiger partial charge in [0.25, 0.3) is 10.1 Å². The minimum Gasteiger partial charge on any atom is -0.417 e. The molecule has 0 saturated carbocycles. The zero-order valence-corrected chi connectivity index (χ0v) is 13.8. The molecule has 104 valence electrons. The fraction of sp³-hybridized carbons (Fsp3) is 1.00. The predicted octanol–water partition coefficient (Wildman–Crippen LogP) is 2.76. The van der Waals surface area contributed by atoms with E-state index < -0.39 is 18.4 Å². The maximum atomic E-state index is 10.9. The van der Waals surface area contributed by atoms with E-state index in [1.165, 1.54) is 0 Å². The van der Waals surface area contributed by atoms with Crippen molar-refractivity contribution in [2.24, 2.45) is 0 Å². The number of hydrogen-bond donors (Lipinski definition) is 0. The Morgan fingerprint density at radius 2 is 1.71 bits per heavy atom. The van der Waals surface area contributed by atoms with Crippen molar-refractivity contribution in [2.75, 3.05) is 12.9 Å². The Balaban J connectivity index is 4.09. The maximum absolute atomic E-state index is 10.9. The van der Waals surface area contributed by atoms with E-state index in [1.807, 2.05) is 0 Å². The van der Waals surface area contributed by atoms with Crippen molar-refractivity contribution in [1.29, 1.82) is 0 Å². The van der Waals surface area contributed by atoms with Crippen LogP contribution in [0, 0.1) is 0 Å². The van der Waals surface area contributed by atoms with Crippen LogP contribution in [0.1, 0.15) is 34.1 Å². The van der Waals surface area contributed by atoms with E-state index in [2.05, 4.69) is 33.9 Å². The Labute approximate surface area is 107 Å². The Bertz CT molecular complexity index is 330. The van der Waals surface area contributed by atoms with E-state index >= 15 is 0 Å². The van der Waals surface area contributed by atoms with Gasteiger partial charge in [-0.2, -0.15) is 8.42 Å². The molecule has 0 bridgehead atoms. The SMILES string of the molecule is CC(CCO[Si](C)(C)C(C)(C)C)OS(C)(=O)=O. The fourth-order valence-electron chi connectivity index (χ4n) is 1.04. The second-order valence-electron chi connectivity index (χ2n) is 6.01. The van der Waals surface area contributed by atoms with Gasteiger partial charge in [-0.1, -0.05) is 20.8 Å². The Hall–Kier alpha value is 0.0869. The van der Waals surface area contributed by atoms with Gasteiger partial charge < -0.3 is 4.43 Å². The molecule has 1 atom stereocenters. The zero-order chi connectivity index (χ0) is 13.9. The summed E-state index contributed by atoms with van der Waals surface area (Å²) in [5.74, 6) is 0. The van der Waals surface area contributed by atoms with Gasteiger partial charge in [-0.25, -0.2) is 0 Å². The molecule has 0 aromatic carbocycles. The fourth-order valence-corrected chi connectivity index (χ4v) is 2.80. The van der Waals surface area contributed by atoms with Crippen molar-refractivity contribution in [3.05, 3.63) is 0 Å². The van der Waals surface area contributed by atoms with Gasteiger partial charge in [0.1, 0.15) is 0 Å². The highest BCUT2D eigenvalue weighted by atomic mass is 32.2. The summed E-state index contributed by atoms with van der Waals surface area (Å²) in [7, 11) is -5.10. The largest absolute Gasteiger partial charge is 0.417 e. The lowest BCUT2D eigenvalue weighted by atomic mass is 10.2. The van der Waals surface area contributed by atoms with E-state index in [4.69, 9.17) is 8.61 Å². The van der Waals surface area contributed by atoms with Crippen LogP contribution in [0.25, 0.3) is 0 Å². The first-order chi connectivity index (χ1) is 7.35. The van der Waals surface area contributed by atoms with E-state index in [9.17, 15) is 8.42 Å². The van der Waals surface area contributed by atoms with E-state index in [0.717, 1.165) is 6.26 Å². The molecule has 0 aliphatic heterocycles. The average Bonchev–Trinajstić information content (AvgIpc) is 1.97. The van der Waals surface area contributed by atoms with Crippen LogP contribution in [0.15, 0.2) is 0 Å². The Kier molecular flexibility index (Phi) is 5.85. The summed E-state index contributed by atoms with van der Waals surface area (Å²) in [5.41, 5.74) is 0. The minimum absolute atomic E-state index is 0.175. The second-order valence-corrected chi connectivity index (χ2v) is 12.4. The third-order valence-corrected chi connectivity index (χ3v) is 8.35. The van der Waals surface area contributed by atoms with E-state index in [-0.39, 0.29) is 11.1 Å². The molecule has 0 amide bonds. The molecule has 0 aliphatic rings. The van der Waals surface area contributed by atoms with Crippen molar-refractivity contribution in [2.45, 2.75) is 58.4 Å². The second kappa shape index (κ2) is 5.82. The summed E-state index contributed by atoms with van der Waals surface area (Å²) in [4.78, 5) is 0. The van der Waals surface area contributed by atoms with Crippen molar-refractivity contribution in [1.82, 2.24) is 0 Å². The summed E-state index contributed by atoms with van der Waals surface area (Å²) in [5, 5.41) is 0.175. The third-order valence-electron chi connectivity index (χ3n) is 3.13. The van der Waals surface area contributed by atoms with E-state index in [0.29, 0.717) is 13.0 Å². The maximum Gasteiger partial charge on any atom is 0.264 e. The highest BCUT2D eigenvalue weighted by Crippen LogP contribution is 2.36. The van der Waals surface area contributed by atoms with Crippen LogP contribution in [0.3, 0.4) is 0 Å². The van der Waals surface area contributed by atoms with Crippen LogP contribution in [0.5, 0.6) is 0 Å².